The summed E-state index contributed by atoms with van der Waals surface area (Å²) in [6, 6.07) is 12.7. The second kappa shape index (κ2) is 8.36. The van der Waals surface area contributed by atoms with Crippen LogP contribution < -0.4 is 10.2 Å². The molecule has 0 saturated carbocycles. The van der Waals surface area contributed by atoms with Crippen LogP contribution in [0.25, 0.3) is 22.2 Å². The molecule has 1 atom stereocenters. The van der Waals surface area contributed by atoms with Crippen molar-refractivity contribution in [3.05, 3.63) is 50.2 Å². The third-order valence-corrected chi connectivity index (χ3v) is 5.83. The Hall–Kier alpha value is -1.68. The van der Waals surface area contributed by atoms with Crippen molar-refractivity contribution in [2.24, 2.45) is 0 Å². The number of aromatic amines is 1. The van der Waals surface area contributed by atoms with Gasteiger partial charge in [-0.3, -0.25) is 0 Å². The molecule has 1 fully saturated rings. The Labute approximate surface area is 183 Å². The van der Waals surface area contributed by atoms with Crippen LogP contribution in [0.3, 0.4) is 0 Å². The minimum atomic E-state index is 0.409. The molecule has 6 nitrogen and oxygen atoms in total. The summed E-state index contributed by atoms with van der Waals surface area (Å²) < 4.78 is 13.0. The number of anilines is 1. The third kappa shape index (κ3) is 4.17. The molecule has 0 spiro atoms. The summed E-state index contributed by atoms with van der Waals surface area (Å²) in [7, 11) is 0. The third-order valence-electron chi connectivity index (χ3n) is 4.49. The van der Waals surface area contributed by atoms with E-state index in [9.17, 15) is 0 Å². The molecule has 0 unspecified atom stereocenters. The molecule has 0 radical (unpaired) electrons. The summed E-state index contributed by atoms with van der Waals surface area (Å²) >= 11 is 11.6. The number of nitrogens with one attached hydrogen (secondary N) is 2. The Kier molecular flexibility index (Phi) is 5.86. The quantitative estimate of drug-likeness (QED) is 0.313. The van der Waals surface area contributed by atoms with Crippen molar-refractivity contribution >= 4 is 72.3 Å². The first-order chi connectivity index (χ1) is 13.5. The van der Waals surface area contributed by atoms with E-state index in [1.165, 1.54) is 0 Å². The summed E-state index contributed by atoms with van der Waals surface area (Å²) in [6.45, 7) is 5.07. The van der Waals surface area contributed by atoms with Gasteiger partial charge in [0, 0.05) is 34.6 Å². The van der Waals surface area contributed by atoms with E-state index in [1.807, 2.05) is 36.4 Å². The summed E-state index contributed by atoms with van der Waals surface area (Å²) in [6.07, 6.45) is 0. The monoisotopic (exact) mass is 524 g/mol. The highest BCUT2D eigenvalue weighted by Gasteiger charge is 2.22. The zero-order valence-corrected chi connectivity index (χ0v) is 19.0. The largest absolute Gasteiger partial charge is 0.429 e. The predicted molar refractivity (Wildman–Crippen MR) is 120 cm³/mol. The van der Waals surface area contributed by atoms with Crippen LogP contribution in [0.2, 0.25) is 0 Å². The van der Waals surface area contributed by atoms with E-state index in [0.29, 0.717) is 10.9 Å². The Morgan fingerprint density at radius 2 is 2.04 bits per heavy atom. The fourth-order valence-corrected chi connectivity index (χ4v) is 4.06. The van der Waals surface area contributed by atoms with Gasteiger partial charge in [-0.25, -0.2) is 0 Å². The number of rotatable bonds is 1. The van der Waals surface area contributed by atoms with Gasteiger partial charge in [0.05, 0.1) is 5.52 Å². The zero-order chi connectivity index (χ0) is 19.7. The smallest absolute Gasteiger partial charge is 0.298 e. The highest BCUT2D eigenvalue weighted by Crippen LogP contribution is 2.26. The van der Waals surface area contributed by atoms with Gasteiger partial charge in [-0.1, -0.05) is 22.0 Å². The first-order valence-corrected chi connectivity index (χ1v) is 10.8. The fourth-order valence-electron chi connectivity index (χ4n) is 3.07. The highest BCUT2D eigenvalue weighted by molar-refractivity contribution is 9.11. The lowest BCUT2D eigenvalue weighted by Crippen LogP contribution is -2.50. The Bertz CT molecular complexity index is 1170. The number of oxazole rings is 2. The fraction of sp³-hybridized carbons (Fsp3) is 0.263. The normalized spacial score (nSPS) is 17.0. The van der Waals surface area contributed by atoms with E-state index in [-0.39, 0.29) is 0 Å². The van der Waals surface area contributed by atoms with Crippen molar-refractivity contribution < 1.29 is 8.83 Å². The molecule has 3 heterocycles. The lowest BCUT2D eigenvalue weighted by Gasteiger charge is -2.32. The number of H-pyrrole nitrogens is 1. The van der Waals surface area contributed by atoms with Gasteiger partial charge in [0.2, 0.25) is 0 Å². The standard InChI is InChI=1S/C12H14BrN3O.C7H4BrNOS/c1-8-7-14-4-5-16(8)12-15-10-6-9(13)2-3-11(10)17-12;8-4-2-1-3-5-6(4)9-7(11)10-5/h2-3,6,8,14H,4-5,7H2,1H3;1-3H,(H,9,11)/t8-;/m0./s1. The van der Waals surface area contributed by atoms with Crippen LogP contribution in [0.1, 0.15) is 6.92 Å². The molecular weight excluding hydrogens is 508 g/mol. The average molecular weight is 526 g/mol. The van der Waals surface area contributed by atoms with Crippen LogP contribution in [-0.4, -0.2) is 35.6 Å². The van der Waals surface area contributed by atoms with E-state index >= 15 is 0 Å². The maximum atomic E-state index is 5.80. The maximum absolute atomic E-state index is 5.80. The van der Waals surface area contributed by atoms with Crippen molar-refractivity contribution in [3.63, 3.8) is 0 Å². The van der Waals surface area contributed by atoms with E-state index in [2.05, 4.69) is 59.0 Å². The first kappa shape index (κ1) is 19.6. The predicted octanol–water partition coefficient (Wildman–Crippen LogP) is 5.64. The average Bonchev–Trinajstić information content (AvgIpc) is 3.25. The highest BCUT2D eigenvalue weighted by atomic mass is 79.9. The first-order valence-electron chi connectivity index (χ1n) is 8.82. The van der Waals surface area contributed by atoms with Gasteiger partial charge in [0.15, 0.2) is 11.2 Å². The van der Waals surface area contributed by atoms with Gasteiger partial charge >= 0.3 is 0 Å². The minimum absolute atomic E-state index is 0.409. The molecule has 0 bridgehead atoms. The van der Waals surface area contributed by atoms with Crippen molar-refractivity contribution in [2.45, 2.75) is 13.0 Å². The van der Waals surface area contributed by atoms with Crippen LogP contribution in [0.5, 0.6) is 0 Å². The SMILES string of the molecule is C[C@H]1CNCCN1c1nc2cc(Br)ccc2o1.S=c1[nH]c2c(Br)cccc2o1. The van der Waals surface area contributed by atoms with Crippen molar-refractivity contribution in [3.8, 4) is 0 Å². The molecule has 1 saturated heterocycles. The summed E-state index contributed by atoms with van der Waals surface area (Å²) in [5.74, 6) is 0. The molecule has 1 aliphatic heterocycles. The molecule has 5 rings (SSSR count). The topological polar surface area (TPSA) is 70.2 Å². The molecule has 146 valence electrons. The van der Waals surface area contributed by atoms with E-state index in [0.717, 1.165) is 56.8 Å². The van der Waals surface area contributed by atoms with Gasteiger partial charge < -0.3 is 24.0 Å². The number of halogens is 2. The zero-order valence-electron chi connectivity index (χ0n) is 15.0. The van der Waals surface area contributed by atoms with E-state index < -0.39 is 0 Å². The minimum Gasteiger partial charge on any atom is -0.429 e. The van der Waals surface area contributed by atoms with E-state index in [4.69, 9.17) is 21.1 Å². The van der Waals surface area contributed by atoms with E-state index in [1.54, 1.807) is 0 Å². The second-order valence-corrected chi connectivity index (χ2v) is 8.62. The van der Waals surface area contributed by atoms with Crippen LogP contribution in [0.15, 0.2) is 54.2 Å². The second-order valence-electron chi connectivity index (χ2n) is 6.48. The number of fused-ring (bicyclic) bond motifs is 2. The summed E-state index contributed by atoms with van der Waals surface area (Å²) in [5, 5.41) is 3.36. The lowest BCUT2D eigenvalue weighted by atomic mass is 10.2. The van der Waals surface area contributed by atoms with Gasteiger partial charge in [0.25, 0.3) is 10.9 Å². The van der Waals surface area contributed by atoms with Crippen molar-refractivity contribution in [2.75, 3.05) is 24.5 Å². The van der Waals surface area contributed by atoms with Gasteiger partial charge in [0.1, 0.15) is 5.52 Å². The molecular formula is C19H18Br2N4O2S. The van der Waals surface area contributed by atoms with Crippen LogP contribution >= 0.6 is 44.1 Å². The molecule has 0 amide bonds. The Morgan fingerprint density at radius 1 is 1.18 bits per heavy atom. The number of benzene rings is 2. The number of hydrogen-bond donors (Lipinski definition) is 2. The van der Waals surface area contributed by atoms with Crippen LogP contribution in [0.4, 0.5) is 6.01 Å². The molecule has 4 aromatic rings. The number of para-hydroxylation sites is 1. The van der Waals surface area contributed by atoms with Crippen molar-refractivity contribution in [1.82, 2.24) is 15.3 Å². The molecule has 1 aliphatic rings. The molecule has 2 aromatic carbocycles. The van der Waals surface area contributed by atoms with Gasteiger partial charge in [-0.05, 0) is 65.4 Å². The van der Waals surface area contributed by atoms with Crippen LogP contribution in [-0.2, 0) is 0 Å². The molecule has 28 heavy (non-hydrogen) atoms. The summed E-state index contributed by atoms with van der Waals surface area (Å²) in [5.41, 5.74) is 3.44. The van der Waals surface area contributed by atoms with Crippen molar-refractivity contribution in [1.29, 1.82) is 0 Å². The Balaban J connectivity index is 0.000000151. The molecule has 9 heteroatoms. The lowest BCUT2D eigenvalue weighted by molar-refractivity contribution is 0.456. The van der Waals surface area contributed by atoms with Gasteiger partial charge in [-0.15, -0.1) is 0 Å². The number of nitrogens with zero attached hydrogens (tertiary/aromatic N) is 2. The molecule has 2 N–H and O–H groups in total. The number of piperazine rings is 1. The molecule has 2 aromatic heterocycles. The number of aromatic nitrogens is 2. The Morgan fingerprint density at radius 3 is 2.82 bits per heavy atom. The molecule has 0 aliphatic carbocycles. The van der Waals surface area contributed by atoms with Crippen LogP contribution in [0, 0.1) is 4.84 Å². The number of hydrogen-bond acceptors (Lipinski definition) is 6. The summed E-state index contributed by atoms with van der Waals surface area (Å²) in [4.78, 5) is 10.1. The van der Waals surface area contributed by atoms with Gasteiger partial charge in [-0.2, -0.15) is 4.98 Å². The maximum Gasteiger partial charge on any atom is 0.298 e.